The number of rotatable bonds is 12. The van der Waals surface area contributed by atoms with Crippen LogP contribution in [0.2, 0.25) is 0 Å². The summed E-state index contributed by atoms with van der Waals surface area (Å²) in [5, 5.41) is 4.50. The van der Waals surface area contributed by atoms with Crippen LogP contribution in [0.4, 0.5) is 0 Å². The van der Waals surface area contributed by atoms with Gasteiger partial charge in [-0.15, -0.1) is 11.8 Å². The lowest BCUT2D eigenvalue weighted by atomic mass is 10.0. The van der Waals surface area contributed by atoms with Crippen LogP contribution in [-0.2, 0) is 13.0 Å². The molecule has 3 aromatic carbocycles. The molecule has 6 nitrogen and oxygen atoms in total. The lowest BCUT2D eigenvalue weighted by molar-refractivity contribution is 0.0934. The first-order valence-corrected chi connectivity index (χ1v) is 14.7. The van der Waals surface area contributed by atoms with Gasteiger partial charge in [0.25, 0.3) is 5.91 Å². The quantitative estimate of drug-likeness (QED) is 0.160. The lowest BCUT2D eigenvalue weighted by Crippen LogP contribution is -2.32. The molecule has 1 amide bonds. The summed E-state index contributed by atoms with van der Waals surface area (Å²) >= 11 is 1.86. The van der Waals surface area contributed by atoms with E-state index in [4.69, 9.17) is 9.72 Å². The maximum atomic E-state index is 13.5. The number of nitrogens with zero attached hydrogens (tertiary/aromatic N) is 2. The average molecular weight is 541 g/mol. The van der Waals surface area contributed by atoms with E-state index in [0.29, 0.717) is 12.0 Å². The van der Waals surface area contributed by atoms with E-state index in [1.807, 2.05) is 30.0 Å². The summed E-state index contributed by atoms with van der Waals surface area (Å²) in [5.41, 5.74) is 4.92. The maximum Gasteiger partial charge on any atom is 0.251 e. The number of unbranched alkanes of at least 4 members (excludes halogenated alkanes) is 1. The number of fused-ring (bicyclic) bond motifs is 2. The van der Waals surface area contributed by atoms with Crippen LogP contribution < -0.4 is 10.1 Å². The van der Waals surface area contributed by atoms with E-state index >= 15 is 0 Å². The van der Waals surface area contributed by atoms with Gasteiger partial charge in [-0.2, -0.15) is 0 Å². The minimum absolute atomic E-state index is 0.129. The molecule has 0 fully saturated rings. The predicted molar refractivity (Wildman–Crippen MR) is 161 cm³/mol. The molecule has 0 bridgehead atoms. The summed E-state index contributed by atoms with van der Waals surface area (Å²) in [4.78, 5) is 23.3. The molecule has 2 heterocycles. The molecule has 0 spiro atoms. The highest BCUT2D eigenvalue weighted by atomic mass is 32.2. The van der Waals surface area contributed by atoms with Crippen molar-refractivity contribution in [2.45, 2.75) is 57.0 Å². The van der Waals surface area contributed by atoms with Crippen LogP contribution in [0.1, 0.15) is 60.9 Å². The number of nitrogens with one attached hydrogen (secondary N) is 2. The summed E-state index contributed by atoms with van der Waals surface area (Å²) in [6.45, 7) is 5.25. The fraction of sp³-hybridized carbons (Fsp3) is 0.312. The Kier molecular flexibility index (Phi) is 8.57. The molecule has 5 aromatic rings. The number of carbonyl (C=O) groups is 1. The summed E-state index contributed by atoms with van der Waals surface area (Å²) in [6, 6.07) is 21.8. The Balaban J connectivity index is 1.56. The number of ether oxygens (including phenoxy) is 1. The number of methoxy groups -OCH3 is 1. The van der Waals surface area contributed by atoms with E-state index in [9.17, 15) is 4.79 Å². The molecule has 2 N–H and O–H groups in total. The van der Waals surface area contributed by atoms with Crippen LogP contribution >= 0.6 is 11.8 Å². The smallest absolute Gasteiger partial charge is 0.251 e. The van der Waals surface area contributed by atoms with E-state index in [1.54, 1.807) is 19.2 Å². The highest BCUT2D eigenvalue weighted by Crippen LogP contribution is 2.30. The Morgan fingerprint density at radius 2 is 1.90 bits per heavy atom. The van der Waals surface area contributed by atoms with Gasteiger partial charge in [0.15, 0.2) is 0 Å². The van der Waals surface area contributed by atoms with Crippen LogP contribution in [0, 0.1) is 0 Å². The number of carbonyl (C=O) groups excluding carboxylic acids is 1. The molecule has 0 aliphatic rings. The zero-order valence-corrected chi connectivity index (χ0v) is 23.7. The third-order valence-corrected chi connectivity index (χ3v) is 8.23. The monoisotopic (exact) mass is 540 g/mol. The van der Waals surface area contributed by atoms with Gasteiger partial charge in [0, 0.05) is 40.5 Å². The van der Waals surface area contributed by atoms with Gasteiger partial charge in [0.05, 0.1) is 24.2 Å². The molecule has 0 saturated heterocycles. The molecule has 0 saturated carbocycles. The molecule has 2 aromatic heterocycles. The third kappa shape index (κ3) is 5.98. The first-order valence-electron chi connectivity index (χ1n) is 13.7. The summed E-state index contributed by atoms with van der Waals surface area (Å²) in [7, 11) is 1.62. The Morgan fingerprint density at radius 1 is 1.08 bits per heavy atom. The van der Waals surface area contributed by atoms with Crippen LogP contribution in [0.15, 0.2) is 77.8 Å². The maximum absolute atomic E-state index is 13.5. The number of imidazole rings is 1. The molecular weight excluding hydrogens is 504 g/mol. The number of amides is 1. The van der Waals surface area contributed by atoms with Crippen molar-refractivity contribution in [1.82, 2.24) is 19.9 Å². The number of H-pyrrole nitrogens is 1. The van der Waals surface area contributed by atoms with Gasteiger partial charge < -0.3 is 19.6 Å². The zero-order chi connectivity index (χ0) is 27.2. The molecule has 1 unspecified atom stereocenters. The summed E-state index contributed by atoms with van der Waals surface area (Å²) < 4.78 is 7.59. The molecular formula is C32H36N4O2S. The number of para-hydroxylation sites is 1. The third-order valence-electron chi connectivity index (χ3n) is 7.03. The van der Waals surface area contributed by atoms with Gasteiger partial charge in [-0.1, -0.05) is 38.5 Å². The predicted octanol–water partition coefficient (Wildman–Crippen LogP) is 7.54. The van der Waals surface area contributed by atoms with Crippen molar-refractivity contribution in [3.05, 3.63) is 89.9 Å². The number of aromatic amines is 1. The second-order valence-electron chi connectivity index (χ2n) is 9.79. The highest BCUT2D eigenvalue weighted by molar-refractivity contribution is 7.99. The number of benzene rings is 3. The van der Waals surface area contributed by atoms with Crippen molar-refractivity contribution < 1.29 is 9.53 Å². The topological polar surface area (TPSA) is 71.9 Å². The fourth-order valence-electron chi connectivity index (χ4n) is 4.97. The number of aryl methyl sites for hydroxylation is 1. The Bertz CT molecular complexity index is 1550. The first kappa shape index (κ1) is 26.9. The first-order chi connectivity index (χ1) is 19.1. The molecule has 202 valence electrons. The lowest BCUT2D eigenvalue weighted by Gasteiger charge is -2.20. The second-order valence-corrected chi connectivity index (χ2v) is 11.0. The van der Waals surface area contributed by atoms with Gasteiger partial charge in [-0.05, 0) is 72.7 Å². The second kappa shape index (κ2) is 12.4. The SMILES string of the molecule is CCCCn1c(C(Cc2c[nH]c3ccccc23)NC(=O)c2ccc(OC)cc2)nc2cc(SCCC)ccc21. The standard InChI is InChI=1S/C32H36N4O2S/c1-4-6-17-36-30-16-15-25(39-18-5-2)20-28(30)34-31(36)29(19-23-21-33-27-10-8-7-9-26(23)27)35-32(37)22-11-13-24(38-3)14-12-22/h7-16,20-21,29,33H,4-6,17-19H2,1-3H3,(H,35,37). The zero-order valence-electron chi connectivity index (χ0n) is 22.9. The van der Waals surface area contributed by atoms with Gasteiger partial charge >= 0.3 is 0 Å². The van der Waals surface area contributed by atoms with Crippen molar-refractivity contribution >= 4 is 39.6 Å². The van der Waals surface area contributed by atoms with Crippen LogP contribution in [0.3, 0.4) is 0 Å². The number of hydrogen-bond donors (Lipinski definition) is 2. The van der Waals surface area contributed by atoms with Crippen LogP contribution in [0.25, 0.3) is 21.9 Å². The molecule has 5 rings (SSSR count). The van der Waals surface area contributed by atoms with Gasteiger partial charge in [0.2, 0.25) is 0 Å². The van der Waals surface area contributed by atoms with E-state index in [0.717, 1.165) is 70.6 Å². The summed E-state index contributed by atoms with van der Waals surface area (Å²) in [6.07, 6.45) is 5.92. The average Bonchev–Trinajstić information content (AvgIpc) is 3.55. The summed E-state index contributed by atoms with van der Waals surface area (Å²) in [5.74, 6) is 2.56. The number of thioether (sulfide) groups is 1. The van der Waals surface area contributed by atoms with E-state index in [1.165, 1.54) is 4.90 Å². The van der Waals surface area contributed by atoms with Gasteiger partial charge in [-0.25, -0.2) is 4.98 Å². The molecule has 0 aliphatic heterocycles. The fourth-order valence-corrected chi connectivity index (χ4v) is 5.77. The molecule has 0 aliphatic carbocycles. The molecule has 7 heteroatoms. The Labute approximate surface area is 234 Å². The number of aromatic nitrogens is 3. The van der Waals surface area contributed by atoms with E-state index < -0.39 is 0 Å². The van der Waals surface area contributed by atoms with Crippen molar-refractivity contribution in [1.29, 1.82) is 0 Å². The number of hydrogen-bond acceptors (Lipinski definition) is 4. The highest BCUT2D eigenvalue weighted by Gasteiger charge is 2.24. The Hall–Kier alpha value is -3.71. The molecule has 39 heavy (non-hydrogen) atoms. The van der Waals surface area contributed by atoms with Crippen molar-refractivity contribution in [3.8, 4) is 5.75 Å². The molecule has 1 atom stereocenters. The van der Waals surface area contributed by atoms with Crippen molar-refractivity contribution in [3.63, 3.8) is 0 Å². The van der Waals surface area contributed by atoms with Gasteiger partial charge in [-0.3, -0.25) is 4.79 Å². The van der Waals surface area contributed by atoms with Crippen LogP contribution in [0.5, 0.6) is 5.75 Å². The normalized spacial score (nSPS) is 12.2. The minimum atomic E-state index is -0.310. The van der Waals surface area contributed by atoms with Crippen molar-refractivity contribution in [2.24, 2.45) is 0 Å². The van der Waals surface area contributed by atoms with Gasteiger partial charge in [0.1, 0.15) is 11.6 Å². The van der Waals surface area contributed by atoms with Crippen LogP contribution in [-0.4, -0.2) is 33.3 Å². The van der Waals surface area contributed by atoms with Crippen molar-refractivity contribution in [2.75, 3.05) is 12.9 Å². The van der Waals surface area contributed by atoms with E-state index in [-0.39, 0.29) is 11.9 Å². The largest absolute Gasteiger partial charge is 0.497 e. The van der Waals surface area contributed by atoms with E-state index in [2.05, 4.69) is 71.3 Å². The minimum Gasteiger partial charge on any atom is -0.497 e. The molecule has 0 radical (unpaired) electrons. The Morgan fingerprint density at radius 3 is 2.67 bits per heavy atom.